The highest BCUT2D eigenvalue weighted by Crippen LogP contribution is 2.29. The maximum absolute atomic E-state index is 11.9. The van der Waals surface area contributed by atoms with Crippen molar-refractivity contribution in [2.45, 2.75) is 39.2 Å². The summed E-state index contributed by atoms with van der Waals surface area (Å²) in [5.41, 5.74) is 0. The van der Waals surface area contributed by atoms with Crippen molar-refractivity contribution in [3.8, 4) is 0 Å². The monoisotopic (exact) mass is 192 g/mol. The van der Waals surface area contributed by atoms with Crippen LogP contribution in [-0.4, -0.2) is 15.3 Å². The molecule has 0 saturated heterocycles. The highest BCUT2D eigenvalue weighted by Gasteiger charge is 2.28. The van der Waals surface area contributed by atoms with E-state index in [1.165, 1.54) is 6.42 Å². The highest BCUT2D eigenvalue weighted by atomic mass is 16.1. The predicted octanol–water partition coefficient (Wildman–Crippen LogP) is 2.28. The van der Waals surface area contributed by atoms with Gasteiger partial charge < -0.3 is 4.57 Å². The third kappa shape index (κ3) is 1.59. The van der Waals surface area contributed by atoms with Gasteiger partial charge >= 0.3 is 0 Å². The van der Waals surface area contributed by atoms with Gasteiger partial charge in [0.15, 0.2) is 5.82 Å². The minimum atomic E-state index is 0.245. The van der Waals surface area contributed by atoms with Crippen molar-refractivity contribution < 1.29 is 4.79 Å². The molecule has 2 rings (SSSR count). The van der Waals surface area contributed by atoms with Gasteiger partial charge in [0.25, 0.3) is 0 Å². The third-order valence-electron chi connectivity index (χ3n) is 2.88. The molecule has 0 aromatic carbocycles. The van der Waals surface area contributed by atoms with Gasteiger partial charge in [0.2, 0.25) is 5.78 Å². The summed E-state index contributed by atoms with van der Waals surface area (Å²) in [7, 11) is 0. The quantitative estimate of drug-likeness (QED) is 0.686. The molecule has 0 atom stereocenters. The molecule has 0 amide bonds. The molecule has 0 aliphatic heterocycles. The number of carbonyl (C=O) groups excluding carboxylic acids is 1. The van der Waals surface area contributed by atoms with Crippen molar-refractivity contribution in [2.24, 2.45) is 5.92 Å². The largest absolute Gasteiger partial charge is 0.329 e. The fourth-order valence-corrected chi connectivity index (χ4v) is 1.81. The highest BCUT2D eigenvalue weighted by molar-refractivity contribution is 5.95. The average Bonchev–Trinajstić information content (AvgIpc) is 2.49. The summed E-state index contributed by atoms with van der Waals surface area (Å²) in [6, 6.07) is 0. The van der Waals surface area contributed by atoms with E-state index in [0.29, 0.717) is 5.82 Å². The number of imidazole rings is 1. The first-order valence-corrected chi connectivity index (χ1v) is 5.38. The van der Waals surface area contributed by atoms with E-state index in [9.17, 15) is 4.79 Å². The fraction of sp³-hybridized carbons (Fsp3) is 0.636. The average molecular weight is 192 g/mol. The van der Waals surface area contributed by atoms with Gasteiger partial charge in [0.1, 0.15) is 0 Å². The Balaban J connectivity index is 2.13. The van der Waals surface area contributed by atoms with Gasteiger partial charge in [-0.05, 0) is 19.3 Å². The van der Waals surface area contributed by atoms with Gasteiger partial charge in [-0.2, -0.15) is 0 Å². The summed E-state index contributed by atoms with van der Waals surface area (Å²) in [6.07, 6.45) is 7.97. The molecule has 3 nitrogen and oxygen atoms in total. The molecule has 0 N–H and O–H groups in total. The number of rotatable bonds is 4. The number of hydrogen-bond donors (Lipinski definition) is 0. The number of aromatic nitrogens is 2. The fourth-order valence-electron chi connectivity index (χ4n) is 1.81. The van der Waals surface area contributed by atoms with Crippen molar-refractivity contribution >= 4 is 5.78 Å². The number of aryl methyl sites for hydroxylation is 1. The second-order valence-electron chi connectivity index (χ2n) is 3.94. The SMILES string of the molecule is CCCn1ccnc1C(=O)C1CCC1. The molecule has 3 heteroatoms. The zero-order chi connectivity index (χ0) is 9.97. The Labute approximate surface area is 84.1 Å². The van der Waals surface area contributed by atoms with E-state index < -0.39 is 0 Å². The van der Waals surface area contributed by atoms with Gasteiger partial charge in [0, 0.05) is 24.9 Å². The van der Waals surface area contributed by atoms with Gasteiger partial charge in [-0.1, -0.05) is 13.3 Å². The number of Topliss-reactive ketones (excluding diaryl/α,β-unsaturated/α-hetero) is 1. The maximum atomic E-state index is 11.9. The van der Waals surface area contributed by atoms with Crippen molar-refractivity contribution in [3.05, 3.63) is 18.2 Å². The lowest BCUT2D eigenvalue weighted by Gasteiger charge is -2.23. The molecule has 1 aromatic heterocycles. The number of hydrogen-bond acceptors (Lipinski definition) is 2. The van der Waals surface area contributed by atoms with E-state index >= 15 is 0 Å². The first-order chi connectivity index (χ1) is 6.83. The van der Waals surface area contributed by atoms with E-state index in [0.717, 1.165) is 25.8 Å². The number of nitrogens with zero attached hydrogens (tertiary/aromatic N) is 2. The molecule has 76 valence electrons. The van der Waals surface area contributed by atoms with Crippen LogP contribution in [0.5, 0.6) is 0 Å². The van der Waals surface area contributed by atoms with Crippen LogP contribution in [0.15, 0.2) is 12.4 Å². The zero-order valence-electron chi connectivity index (χ0n) is 8.57. The van der Waals surface area contributed by atoms with Crippen LogP contribution in [0.3, 0.4) is 0 Å². The molecule has 1 fully saturated rings. The molecule has 1 heterocycles. The minimum Gasteiger partial charge on any atom is -0.329 e. The van der Waals surface area contributed by atoms with Crippen LogP contribution < -0.4 is 0 Å². The van der Waals surface area contributed by atoms with Crippen LogP contribution in [0.25, 0.3) is 0 Å². The van der Waals surface area contributed by atoms with E-state index in [1.807, 2.05) is 10.8 Å². The summed E-state index contributed by atoms with van der Waals surface area (Å²) < 4.78 is 1.97. The zero-order valence-corrected chi connectivity index (χ0v) is 8.57. The number of ketones is 1. The van der Waals surface area contributed by atoms with E-state index in [4.69, 9.17) is 0 Å². The molecular formula is C11H16N2O. The van der Waals surface area contributed by atoms with Crippen LogP contribution in [0.4, 0.5) is 0 Å². The molecule has 0 unspecified atom stereocenters. The molecule has 14 heavy (non-hydrogen) atoms. The van der Waals surface area contributed by atoms with Crippen LogP contribution in [0, 0.1) is 5.92 Å². The van der Waals surface area contributed by atoms with Crippen LogP contribution >= 0.6 is 0 Å². The topological polar surface area (TPSA) is 34.9 Å². The van der Waals surface area contributed by atoms with Crippen LogP contribution in [-0.2, 0) is 6.54 Å². The van der Waals surface area contributed by atoms with Gasteiger partial charge in [-0.3, -0.25) is 4.79 Å². The Hall–Kier alpha value is -1.12. The van der Waals surface area contributed by atoms with E-state index in [2.05, 4.69) is 11.9 Å². The Morgan fingerprint density at radius 2 is 2.43 bits per heavy atom. The van der Waals surface area contributed by atoms with Crippen molar-refractivity contribution in [1.29, 1.82) is 0 Å². The lowest BCUT2D eigenvalue weighted by Crippen LogP contribution is -2.25. The van der Waals surface area contributed by atoms with Crippen LogP contribution in [0.2, 0.25) is 0 Å². The first kappa shape index (κ1) is 9.44. The smallest absolute Gasteiger partial charge is 0.201 e. The summed E-state index contributed by atoms with van der Waals surface area (Å²) in [4.78, 5) is 16.1. The molecule has 1 aliphatic carbocycles. The molecule has 1 aromatic rings. The summed E-state index contributed by atoms with van der Waals surface area (Å²) in [6.45, 7) is 3.01. The Morgan fingerprint density at radius 1 is 1.64 bits per heavy atom. The molecule has 0 spiro atoms. The lowest BCUT2D eigenvalue weighted by atomic mass is 9.82. The maximum Gasteiger partial charge on any atom is 0.201 e. The molecule has 0 radical (unpaired) electrons. The van der Waals surface area contributed by atoms with Crippen molar-refractivity contribution in [1.82, 2.24) is 9.55 Å². The predicted molar refractivity (Wildman–Crippen MR) is 54.2 cm³/mol. The summed E-state index contributed by atoms with van der Waals surface area (Å²) >= 11 is 0. The molecule has 1 saturated carbocycles. The Kier molecular flexibility index (Phi) is 2.66. The lowest BCUT2D eigenvalue weighted by molar-refractivity contribution is 0.0839. The summed E-state index contributed by atoms with van der Waals surface area (Å²) in [5.74, 6) is 1.17. The van der Waals surface area contributed by atoms with Gasteiger partial charge in [-0.25, -0.2) is 4.98 Å². The standard InChI is InChI=1S/C11H16N2O/c1-2-7-13-8-6-12-11(13)10(14)9-4-3-5-9/h6,8-9H,2-5,7H2,1H3. The summed E-state index contributed by atoms with van der Waals surface area (Å²) in [5, 5.41) is 0. The van der Waals surface area contributed by atoms with E-state index in [1.54, 1.807) is 6.20 Å². The van der Waals surface area contributed by atoms with Crippen LogP contribution in [0.1, 0.15) is 43.2 Å². The van der Waals surface area contributed by atoms with Gasteiger partial charge in [-0.15, -0.1) is 0 Å². The Morgan fingerprint density at radius 3 is 3.00 bits per heavy atom. The normalized spacial score (nSPS) is 16.6. The van der Waals surface area contributed by atoms with Gasteiger partial charge in [0.05, 0.1) is 0 Å². The third-order valence-corrected chi connectivity index (χ3v) is 2.88. The second kappa shape index (κ2) is 3.95. The molecule has 0 bridgehead atoms. The molecular weight excluding hydrogens is 176 g/mol. The second-order valence-corrected chi connectivity index (χ2v) is 3.94. The first-order valence-electron chi connectivity index (χ1n) is 5.38. The Bertz CT molecular complexity index is 326. The van der Waals surface area contributed by atoms with Crippen molar-refractivity contribution in [3.63, 3.8) is 0 Å². The molecule has 1 aliphatic rings. The van der Waals surface area contributed by atoms with E-state index in [-0.39, 0.29) is 11.7 Å². The number of carbonyl (C=O) groups is 1. The van der Waals surface area contributed by atoms with Crippen molar-refractivity contribution in [2.75, 3.05) is 0 Å². The minimum absolute atomic E-state index is 0.245.